The lowest BCUT2D eigenvalue weighted by atomic mass is 9.98. The van der Waals surface area contributed by atoms with Gasteiger partial charge in [-0.1, -0.05) is 17.8 Å². The van der Waals surface area contributed by atoms with Crippen molar-refractivity contribution < 1.29 is 14.4 Å². The fraction of sp³-hybridized carbons (Fsp3) is 0.524. The van der Waals surface area contributed by atoms with Crippen molar-refractivity contribution in [1.82, 2.24) is 14.9 Å². The van der Waals surface area contributed by atoms with Crippen molar-refractivity contribution in [3.63, 3.8) is 0 Å². The molecule has 1 amide bonds. The Hall–Kier alpha value is -2.70. The third-order valence-corrected chi connectivity index (χ3v) is 5.71. The lowest BCUT2D eigenvalue weighted by Crippen LogP contribution is -2.27. The molecule has 7 heteroatoms. The maximum atomic E-state index is 12.6. The van der Waals surface area contributed by atoms with E-state index in [1.807, 2.05) is 0 Å². The lowest BCUT2D eigenvalue weighted by Gasteiger charge is -2.16. The predicted octanol–water partition coefficient (Wildman–Crippen LogP) is 2.57. The maximum Gasteiger partial charge on any atom is 0.337 e. The number of nitrogens with zero attached hydrogens (tertiary/aromatic N) is 3. The van der Waals surface area contributed by atoms with Crippen molar-refractivity contribution >= 4 is 17.6 Å². The van der Waals surface area contributed by atoms with Crippen molar-refractivity contribution in [1.29, 1.82) is 0 Å². The standard InChI is InChI=1S/C21H26N4O3/c1-13(21(27)28-25-12-22-14(2)24-25)9-10-19(26)23-20-17-7-3-5-15(17)11-16-6-4-8-18(16)20/h11-13H,3-10H2,1-2H3,(H,23,26)/t13-/m1/s1. The first-order valence-electron chi connectivity index (χ1n) is 10.1. The van der Waals surface area contributed by atoms with Crippen molar-refractivity contribution in [3.8, 4) is 0 Å². The van der Waals surface area contributed by atoms with Gasteiger partial charge in [0.25, 0.3) is 0 Å². The van der Waals surface area contributed by atoms with Crippen LogP contribution in [0.1, 0.15) is 60.7 Å². The molecule has 2 aliphatic carbocycles. The van der Waals surface area contributed by atoms with Crippen LogP contribution in [0.5, 0.6) is 0 Å². The number of rotatable bonds is 6. The molecule has 0 aliphatic heterocycles. The molecule has 0 bridgehead atoms. The fourth-order valence-corrected chi connectivity index (χ4v) is 4.19. The van der Waals surface area contributed by atoms with Crippen LogP contribution in [-0.4, -0.2) is 26.8 Å². The molecule has 28 heavy (non-hydrogen) atoms. The van der Waals surface area contributed by atoms with Crippen LogP contribution in [0.4, 0.5) is 5.69 Å². The molecule has 1 aromatic carbocycles. The Balaban J connectivity index is 1.36. The minimum Gasteiger partial charge on any atom is -0.326 e. The van der Waals surface area contributed by atoms with Crippen LogP contribution in [-0.2, 0) is 35.3 Å². The highest BCUT2D eigenvalue weighted by Crippen LogP contribution is 2.38. The average molecular weight is 382 g/mol. The molecule has 0 radical (unpaired) electrons. The second-order valence-electron chi connectivity index (χ2n) is 7.83. The van der Waals surface area contributed by atoms with E-state index in [9.17, 15) is 9.59 Å². The third-order valence-electron chi connectivity index (χ3n) is 5.71. The second-order valence-corrected chi connectivity index (χ2v) is 7.83. The highest BCUT2D eigenvalue weighted by molar-refractivity contribution is 5.93. The molecule has 1 heterocycles. The van der Waals surface area contributed by atoms with Gasteiger partial charge < -0.3 is 10.2 Å². The Bertz CT molecular complexity index is 886. The van der Waals surface area contributed by atoms with Gasteiger partial charge in [0.05, 0.1) is 5.92 Å². The fourth-order valence-electron chi connectivity index (χ4n) is 4.19. The average Bonchev–Trinajstić information content (AvgIpc) is 3.40. The van der Waals surface area contributed by atoms with E-state index in [-0.39, 0.29) is 12.3 Å². The first-order valence-corrected chi connectivity index (χ1v) is 10.1. The van der Waals surface area contributed by atoms with Gasteiger partial charge >= 0.3 is 5.97 Å². The molecule has 4 rings (SSSR count). The summed E-state index contributed by atoms with van der Waals surface area (Å²) in [5.74, 6) is -0.324. The minimum atomic E-state index is -0.417. The molecule has 0 fully saturated rings. The first kappa shape index (κ1) is 18.7. The summed E-state index contributed by atoms with van der Waals surface area (Å²) in [4.78, 5) is 34.9. The Morgan fingerprint density at radius 2 is 1.86 bits per heavy atom. The molecular weight excluding hydrogens is 356 g/mol. The van der Waals surface area contributed by atoms with Gasteiger partial charge in [0.2, 0.25) is 5.91 Å². The van der Waals surface area contributed by atoms with Gasteiger partial charge in [-0.15, -0.1) is 5.10 Å². The van der Waals surface area contributed by atoms with Crippen LogP contribution in [0.15, 0.2) is 12.4 Å². The van der Waals surface area contributed by atoms with Gasteiger partial charge in [0, 0.05) is 12.1 Å². The lowest BCUT2D eigenvalue weighted by molar-refractivity contribution is -0.150. The predicted molar refractivity (Wildman–Crippen MR) is 104 cm³/mol. The first-order chi connectivity index (χ1) is 13.5. The van der Waals surface area contributed by atoms with Crippen molar-refractivity contribution in [2.45, 2.75) is 65.2 Å². The van der Waals surface area contributed by atoms with E-state index in [1.54, 1.807) is 13.8 Å². The Morgan fingerprint density at radius 3 is 2.46 bits per heavy atom. The van der Waals surface area contributed by atoms with Gasteiger partial charge in [-0.25, -0.2) is 9.78 Å². The van der Waals surface area contributed by atoms with Crippen LogP contribution < -0.4 is 10.2 Å². The highest BCUT2D eigenvalue weighted by Gasteiger charge is 2.25. The number of carbonyl (C=O) groups excluding carboxylic acids is 2. The summed E-state index contributed by atoms with van der Waals surface area (Å²) in [7, 11) is 0. The van der Waals surface area contributed by atoms with Crippen LogP contribution in [0.3, 0.4) is 0 Å². The number of fused-ring (bicyclic) bond motifs is 2. The second kappa shape index (κ2) is 7.73. The van der Waals surface area contributed by atoms with Gasteiger partial charge in [-0.05, 0) is 74.1 Å². The third kappa shape index (κ3) is 3.79. The van der Waals surface area contributed by atoms with E-state index in [2.05, 4.69) is 21.5 Å². The number of hydrogen-bond acceptors (Lipinski definition) is 5. The Kier molecular flexibility index (Phi) is 5.15. The smallest absolute Gasteiger partial charge is 0.326 e. The molecule has 148 valence electrons. The normalized spacial score (nSPS) is 15.8. The zero-order valence-corrected chi connectivity index (χ0v) is 16.5. The van der Waals surface area contributed by atoms with E-state index in [0.717, 1.165) is 49.1 Å². The summed E-state index contributed by atoms with van der Waals surface area (Å²) >= 11 is 0. The number of nitrogens with one attached hydrogen (secondary N) is 1. The monoisotopic (exact) mass is 382 g/mol. The molecule has 1 aromatic heterocycles. The molecule has 1 atom stereocenters. The number of hydrogen-bond donors (Lipinski definition) is 1. The van der Waals surface area contributed by atoms with E-state index in [1.165, 1.54) is 28.6 Å². The molecule has 0 saturated carbocycles. The number of carbonyl (C=O) groups is 2. The highest BCUT2D eigenvalue weighted by atomic mass is 16.7. The largest absolute Gasteiger partial charge is 0.337 e. The number of aromatic nitrogens is 3. The van der Waals surface area contributed by atoms with Crippen molar-refractivity contribution in [2.75, 3.05) is 5.32 Å². The maximum absolute atomic E-state index is 12.6. The number of aryl methyl sites for hydroxylation is 3. The molecule has 2 aromatic rings. The van der Waals surface area contributed by atoms with Crippen molar-refractivity contribution in [2.24, 2.45) is 5.92 Å². The van der Waals surface area contributed by atoms with Gasteiger partial charge in [0.1, 0.15) is 0 Å². The van der Waals surface area contributed by atoms with Crippen LogP contribution in [0.2, 0.25) is 0 Å². The van der Waals surface area contributed by atoms with Crippen molar-refractivity contribution in [3.05, 3.63) is 40.5 Å². The molecular formula is C21H26N4O3. The zero-order valence-electron chi connectivity index (χ0n) is 16.5. The molecule has 2 aliphatic rings. The number of amides is 1. The number of anilines is 1. The molecule has 7 nitrogen and oxygen atoms in total. The van der Waals surface area contributed by atoms with Gasteiger partial charge in [0.15, 0.2) is 12.2 Å². The van der Waals surface area contributed by atoms with E-state index >= 15 is 0 Å². The summed E-state index contributed by atoms with van der Waals surface area (Å²) in [6, 6.07) is 2.35. The summed E-state index contributed by atoms with van der Waals surface area (Å²) in [5.41, 5.74) is 6.50. The molecule has 0 spiro atoms. The Labute approximate surface area is 164 Å². The summed E-state index contributed by atoms with van der Waals surface area (Å²) in [5, 5.41) is 7.11. The zero-order chi connectivity index (χ0) is 19.7. The topological polar surface area (TPSA) is 86.1 Å². The van der Waals surface area contributed by atoms with Crippen LogP contribution >= 0.6 is 0 Å². The van der Waals surface area contributed by atoms with Crippen LogP contribution in [0.25, 0.3) is 0 Å². The molecule has 1 N–H and O–H groups in total. The summed E-state index contributed by atoms with van der Waals surface area (Å²) < 4.78 is 0. The van der Waals surface area contributed by atoms with E-state index in [0.29, 0.717) is 12.2 Å². The van der Waals surface area contributed by atoms with E-state index < -0.39 is 11.9 Å². The number of benzene rings is 1. The van der Waals surface area contributed by atoms with Gasteiger partial charge in [-0.2, -0.15) is 0 Å². The molecule has 0 unspecified atom stereocenters. The van der Waals surface area contributed by atoms with Gasteiger partial charge in [-0.3, -0.25) is 4.79 Å². The minimum absolute atomic E-state index is 0.0364. The summed E-state index contributed by atoms with van der Waals surface area (Å²) in [6.45, 7) is 3.48. The SMILES string of the molecule is Cc1ncn(OC(=O)[C@H](C)CCC(=O)Nc2c3c(cc4c2CCC4)CCC3)n1. The quantitative estimate of drug-likeness (QED) is 0.830. The van der Waals surface area contributed by atoms with Crippen LogP contribution in [0, 0.1) is 12.8 Å². The summed E-state index contributed by atoms with van der Waals surface area (Å²) in [6.07, 6.45) is 8.67. The molecule has 0 saturated heterocycles. The van der Waals surface area contributed by atoms with E-state index in [4.69, 9.17) is 4.84 Å². The Morgan fingerprint density at radius 1 is 1.18 bits per heavy atom.